The molecule has 1 rings (SSSR count). The Morgan fingerprint density at radius 3 is 2.64 bits per heavy atom. The number of rotatable bonds is 7. The summed E-state index contributed by atoms with van der Waals surface area (Å²) in [5, 5.41) is 11.1. The van der Waals surface area contributed by atoms with E-state index < -0.39 is 10.0 Å². The largest absolute Gasteiger partial charge is 0.396 e. The van der Waals surface area contributed by atoms with Crippen LogP contribution in [0.3, 0.4) is 0 Å². The van der Waals surface area contributed by atoms with Crippen LogP contribution in [0.5, 0.6) is 0 Å². The van der Waals surface area contributed by atoms with Crippen LogP contribution in [0.2, 0.25) is 5.02 Å². The minimum absolute atomic E-state index is 0.00550. The number of nitrogens with zero attached hydrogens (tertiary/aromatic N) is 1. The van der Waals surface area contributed by atoms with Gasteiger partial charge in [-0.1, -0.05) is 11.6 Å². The number of aliphatic hydroxyl groups is 1. The number of nitrogens with one attached hydrogen (secondary N) is 1. The van der Waals surface area contributed by atoms with Gasteiger partial charge in [-0.05, 0) is 25.1 Å². The second kappa shape index (κ2) is 8.16. The monoisotopic (exact) mass is 366 g/mol. The van der Waals surface area contributed by atoms with Crippen LogP contribution in [0, 0.1) is 0 Å². The fourth-order valence-corrected chi connectivity index (χ4v) is 3.59. The van der Waals surface area contributed by atoms with Crippen molar-refractivity contribution in [3.63, 3.8) is 0 Å². The Morgan fingerprint density at radius 1 is 1.45 bits per heavy atom. The van der Waals surface area contributed by atoms with Crippen LogP contribution in [-0.4, -0.2) is 55.4 Å². The number of sulfonamides is 1. The highest BCUT2D eigenvalue weighted by Crippen LogP contribution is 2.27. The topological polar surface area (TPSA) is 86.7 Å². The van der Waals surface area contributed by atoms with Gasteiger partial charge < -0.3 is 10.4 Å². The minimum atomic E-state index is -3.69. The van der Waals surface area contributed by atoms with Gasteiger partial charge in [-0.25, -0.2) is 12.7 Å². The third kappa shape index (κ3) is 4.85. The lowest BCUT2D eigenvalue weighted by molar-refractivity contribution is -0.115. The van der Waals surface area contributed by atoms with Crippen LogP contribution in [-0.2, 0) is 14.8 Å². The van der Waals surface area contributed by atoms with E-state index in [0.717, 1.165) is 4.31 Å². The fourth-order valence-electron chi connectivity index (χ4n) is 1.52. The minimum Gasteiger partial charge on any atom is -0.396 e. The highest BCUT2D eigenvalue weighted by molar-refractivity contribution is 8.00. The number of hydrogen-bond acceptors (Lipinski definition) is 5. The molecule has 0 spiro atoms. The Kier molecular flexibility index (Phi) is 7.14. The van der Waals surface area contributed by atoms with Crippen molar-refractivity contribution in [3.05, 3.63) is 23.2 Å². The van der Waals surface area contributed by atoms with E-state index in [4.69, 9.17) is 16.7 Å². The van der Waals surface area contributed by atoms with Crippen molar-refractivity contribution < 1.29 is 18.3 Å². The molecule has 0 aromatic heterocycles. The SMILES string of the molecule is CC(SCCO)C(=O)Nc1ccc(Cl)c(S(=O)(=O)N(C)C)c1. The van der Waals surface area contributed by atoms with Crippen LogP contribution in [0.4, 0.5) is 5.69 Å². The van der Waals surface area contributed by atoms with Gasteiger partial charge in [0.2, 0.25) is 15.9 Å². The number of carbonyl (C=O) groups is 1. The Balaban J connectivity index is 2.97. The number of hydrogen-bond donors (Lipinski definition) is 2. The van der Waals surface area contributed by atoms with E-state index in [2.05, 4.69) is 5.32 Å². The normalized spacial score (nSPS) is 13.2. The Labute approximate surface area is 139 Å². The number of amides is 1. The van der Waals surface area contributed by atoms with Gasteiger partial charge in [-0.3, -0.25) is 4.79 Å². The maximum absolute atomic E-state index is 12.2. The summed E-state index contributed by atoms with van der Waals surface area (Å²) in [6, 6.07) is 4.30. The highest BCUT2D eigenvalue weighted by Gasteiger charge is 2.22. The average molecular weight is 367 g/mol. The molecule has 0 saturated heterocycles. The zero-order chi connectivity index (χ0) is 16.9. The molecule has 1 unspecified atom stereocenters. The van der Waals surface area contributed by atoms with E-state index in [1.165, 1.54) is 38.0 Å². The zero-order valence-corrected chi connectivity index (χ0v) is 14.9. The van der Waals surface area contributed by atoms with E-state index in [9.17, 15) is 13.2 Å². The van der Waals surface area contributed by atoms with Crippen LogP contribution in [0.25, 0.3) is 0 Å². The summed E-state index contributed by atoms with van der Waals surface area (Å²) in [6.45, 7) is 1.71. The van der Waals surface area contributed by atoms with Crippen molar-refractivity contribution >= 4 is 45.0 Å². The van der Waals surface area contributed by atoms with Gasteiger partial charge in [0, 0.05) is 25.5 Å². The van der Waals surface area contributed by atoms with Gasteiger partial charge in [0.1, 0.15) is 4.90 Å². The summed E-state index contributed by atoms with van der Waals surface area (Å²) in [4.78, 5) is 11.9. The van der Waals surface area contributed by atoms with Crippen molar-refractivity contribution in [2.45, 2.75) is 17.1 Å². The third-order valence-corrected chi connectivity index (χ3v) is 6.21. The Hall–Kier alpha value is -0.800. The van der Waals surface area contributed by atoms with Crippen molar-refractivity contribution in [1.29, 1.82) is 0 Å². The van der Waals surface area contributed by atoms with E-state index in [1.807, 2.05) is 0 Å². The molecule has 0 bridgehead atoms. The first kappa shape index (κ1) is 19.2. The summed E-state index contributed by atoms with van der Waals surface area (Å²) in [6.07, 6.45) is 0. The number of anilines is 1. The molecular formula is C13H19ClN2O4S2. The van der Waals surface area contributed by atoms with Gasteiger partial charge in [-0.2, -0.15) is 0 Å². The lowest BCUT2D eigenvalue weighted by Crippen LogP contribution is -2.24. The van der Waals surface area contributed by atoms with E-state index in [1.54, 1.807) is 13.0 Å². The number of benzene rings is 1. The molecule has 0 radical (unpaired) electrons. The molecule has 0 saturated carbocycles. The van der Waals surface area contributed by atoms with Gasteiger partial charge in [-0.15, -0.1) is 11.8 Å². The quantitative estimate of drug-likeness (QED) is 0.766. The number of thioether (sulfide) groups is 1. The van der Waals surface area contributed by atoms with Crippen LogP contribution < -0.4 is 5.32 Å². The molecule has 1 aromatic rings. The van der Waals surface area contributed by atoms with Gasteiger partial charge >= 0.3 is 0 Å². The molecule has 0 aliphatic heterocycles. The molecule has 0 aliphatic rings. The second-order valence-electron chi connectivity index (χ2n) is 4.66. The standard InChI is InChI=1S/C13H19ClN2O4S2/c1-9(21-7-6-17)13(18)15-10-4-5-11(14)12(8-10)22(19,20)16(2)3/h4-5,8-9,17H,6-7H2,1-3H3,(H,15,18). The smallest absolute Gasteiger partial charge is 0.244 e. The predicted molar refractivity (Wildman–Crippen MR) is 90.0 cm³/mol. The third-order valence-electron chi connectivity index (χ3n) is 2.79. The Bertz CT molecular complexity index is 635. The predicted octanol–water partition coefficient (Wildman–Crippen LogP) is 1.64. The summed E-state index contributed by atoms with van der Waals surface area (Å²) in [5.74, 6) is 0.184. The molecule has 0 aliphatic carbocycles. The molecule has 9 heteroatoms. The molecular weight excluding hydrogens is 348 g/mol. The highest BCUT2D eigenvalue weighted by atomic mass is 35.5. The molecule has 124 valence electrons. The summed E-state index contributed by atoms with van der Waals surface area (Å²) in [5.41, 5.74) is 0.353. The molecule has 0 heterocycles. The zero-order valence-electron chi connectivity index (χ0n) is 12.5. The van der Waals surface area contributed by atoms with Gasteiger partial charge in [0.15, 0.2) is 0 Å². The van der Waals surface area contributed by atoms with Gasteiger partial charge in [0.25, 0.3) is 0 Å². The van der Waals surface area contributed by atoms with Crippen molar-refractivity contribution in [2.75, 3.05) is 31.8 Å². The maximum atomic E-state index is 12.2. The van der Waals surface area contributed by atoms with E-state index in [0.29, 0.717) is 11.4 Å². The van der Waals surface area contributed by atoms with Crippen LogP contribution >= 0.6 is 23.4 Å². The maximum Gasteiger partial charge on any atom is 0.244 e. The van der Waals surface area contributed by atoms with E-state index in [-0.39, 0.29) is 27.7 Å². The number of carbonyl (C=O) groups excluding carboxylic acids is 1. The van der Waals surface area contributed by atoms with Crippen LogP contribution in [0.15, 0.2) is 23.1 Å². The van der Waals surface area contributed by atoms with Gasteiger partial charge in [0.05, 0.1) is 16.9 Å². The molecule has 6 nitrogen and oxygen atoms in total. The van der Waals surface area contributed by atoms with Crippen molar-refractivity contribution in [3.8, 4) is 0 Å². The van der Waals surface area contributed by atoms with Crippen molar-refractivity contribution in [2.24, 2.45) is 0 Å². The summed E-state index contributed by atoms with van der Waals surface area (Å²) in [7, 11) is -0.874. The molecule has 1 amide bonds. The average Bonchev–Trinajstić information content (AvgIpc) is 2.46. The van der Waals surface area contributed by atoms with Crippen LogP contribution in [0.1, 0.15) is 6.92 Å². The number of halogens is 1. The first-order valence-corrected chi connectivity index (χ1v) is 9.32. The first-order valence-electron chi connectivity index (χ1n) is 6.45. The summed E-state index contributed by atoms with van der Waals surface area (Å²) >= 11 is 7.25. The first-order chi connectivity index (χ1) is 10.2. The molecule has 1 aromatic carbocycles. The lowest BCUT2D eigenvalue weighted by Gasteiger charge is -2.15. The molecule has 2 N–H and O–H groups in total. The van der Waals surface area contributed by atoms with Crippen molar-refractivity contribution in [1.82, 2.24) is 4.31 Å². The second-order valence-corrected chi connectivity index (χ2v) is 8.63. The Morgan fingerprint density at radius 2 is 2.09 bits per heavy atom. The number of aliphatic hydroxyl groups excluding tert-OH is 1. The molecule has 0 fully saturated rings. The molecule has 1 atom stereocenters. The molecule has 22 heavy (non-hydrogen) atoms. The lowest BCUT2D eigenvalue weighted by atomic mass is 10.3. The summed E-state index contributed by atoms with van der Waals surface area (Å²) < 4.78 is 25.4. The van der Waals surface area contributed by atoms with E-state index >= 15 is 0 Å². The fraction of sp³-hybridized carbons (Fsp3) is 0.462.